The van der Waals surface area contributed by atoms with Crippen LogP contribution in [-0.2, 0) is 0 Å². The number of rotatable bonds is 8. The molecule has 8 heteroatoms. The van der Waals surface area contributed by atoms with Crippen LogP contribution >= 0.6 is 35.6 Å². The second-order valence-electron chi connectivity index (χ2n) is 6.24. The van der Waals surface area contributed by atoms with Gasteiger partial charge >= 0.3 is 0 Å². The van der Waals surface area contributed by atoms with Gasteiger partial charge in [0.25, 0.3) is 0 Å². The van der Waals surface area contributed by atoms with E-state index in [1.807, 2.05) is 38.1 Å². The van der Waals surface area contributed by atoms with E-state index < -0.39 is 6.10 Å². The summed E-state index contributed by atoms with van der Waals surface area (Å²) in [6.45, 7) is 4.90. The summed E-state index contributed by atoms with van der Waals surface area (Å²) in [6, 6.07) is 13.0. The molecule has 0 spiro atoms. The molecule has 0 aliphatic carbocycles. The fraction of sp³-hybridized carbons (Fsp3) is 0.381. The summed E-state index contributed by atoms with van der Waals surface area (Å²) in [5, 5.41) is 17.7. The van der Waals surface area contributed by atoms with Gasteiger partial charge in [0, 0.05) is 11.6 Å². The van der Waals surface area contributed by atoms with Gasteiger partial charge in [-0.25, -0.2) is 0 Å². The molecule has 0 fully saturated rings. The Kier molecular flexibility index (Phi) is 11.2. The molecule has 0 amide bonds. The number of aliphatic hydroxyl groups is 1. The molecule has 0 radical (unpaired) electrons. The third-order valence-corrected chi connectivity index (χ3v) is 4.63. The van der Waals surface area contributed by atoms with Gasteiger partial charge in [0.2, 0.25) is 0 Å². The lowest BCUT2D eigenvalue weighted by Crippen LogP contribution is -2.39. The van der Waals surface area contributed by atoms with Crippen LogP contribution < -0.4 is 20.1 Å². The van der Waals surface area contributed by atoms with Gasteiger partial charge in [-0.3, -0.25) is 4.99 Å². The maximum atomic E-state index is 10.5. The van der Waals surface area contributed by atoms with E-state index in [2.05, 4.69) is 15.6 Å². The first-order valence-corrected chi connectivity index (χ1v) is 9.57. The fourth-order valence-electron chi connectivity index (χ4n) is 2.77. The zero-order valence-corrected chi connectivity index (χ0v) is 20.2. The topological polar surface area (TPSA) is 75.1 Å². The zero-order valence-electron chi connectivity index (χ0n) is 17.1. The van der Waals surface area contributed by atoms with E-state index in [1.54, 1.807) is 32.4 Å². The minimum atomic E-state index is -0.772. The van der Waals surface area contributed by atoms with Crippen molar-refractivity contribution in [3.8, 4) is 11.5 Å². The molecule has 29 heavy (non-hydrogen) atoms. The lowest BCUT2D eigenvalue weighted by atomic mass is 10.1. The van der Waals surface area contributed by atoms with E-state index in [-0.39, 0.29) is 36.6 Å². The summed E-state index contributed by atoms with van der Waals surface area (Å²) in [5.74, 6) is 1.79. The first-order valence-electron chi connectivity index (χ1n) is 9.19. The van der Waals surface area contributed by atoms with Crippen molar-refractivity contribution in [1.82, 2.24) is 10.6 Å². The van der Waals surface area contributed by atoms with Gasteiger partial charge in [0.05, 0.1) is 32.9 Å². The summed E-state index contributed by atoms with van der Waals surface area (Å²) in [6.07, 6.45) is -0.772. The average Bonchev–Trinajstić information content (AvgIpc) is 2.71. The number of aliphatic imine (C=N–C) groups is 1. The minimum absolute atomic E-state index is 0. The SMILES string of the molecule is CCNC(=NCC(O)c1ccc(OC)c(OC)c1)NC(C)c1ccccc1Cl.I. The molecule has 0 aromatic heterocycles. The van der Waals surface area contributed by atoms with Crippen LogP contribution in [0.3, 0.4) is 0 Å². The first kappa shape index (κ1) is 25.3. The molecule has 2 unspecified atom stereocenters. The van der Waals surface area contributed by atoms with Crippen LogP contribution in [0.4, 0.5) is 0 Å². The number of nitrogens with zero attached hydrogens (tertiary/aromatic N) is 1. The van der Waals surface area contributed by atoms with Crippen molar-refractivity contribution in [2.45, 2.75) is 26.0 Å². The Bertz CT molecular complexity index is 804. The Morgan fingerprint density at radius 3 is 2.45 bits per heavy atom. The van der Waals surface area contributed by atoms with Crippen molar-refractivity contribution >= 4 is 41.5 Å². The summed E-state index contributed by atoms with van der Waals surface area (Å²) < 4.78 is 10.5. The van der Waals surface area contributed by atoms with Gasteiger partial charge in [-0.1, -0.05) is 35.9 Å². The molecule has 6 nitrogen and oxygen atoms in total. The molecule has 160 valence electrons. The first-order chi connectivity index (χ1) is 13.5. The lowest BCUT2D eigenvalue weighted by Gasteiger charge is -2.20. The van der Waals surface area contributed by atoms with Gasteiger partial charge in [0.15, 0.2) is 17.5 Å². The molecule has 0 saturated heterocycles. The number of aliphatic hydroxyl groups excluding tert-OH is 1. The van der Waals surface area contributed by atoms with Gasteiger partial charge in [0.1, 0.15) is 0 Å². The van der Waals surface area contributed by atoms with Gasteiger partial charge in [-0.15, -0.1) is 24.0 Å². The number of ether oxygens (including phenoxy) is 2. The molecule has 0 bridgehead atoms. The highest BCUT2D eigenvalue weighted by Gasteiger charge is 2.14. The lowest BCUT2D eigenvalue weighted by molar-refractivity contribution is 0.186. The van der Waals surface area contributed by atoms with E-state index in [4.69, 9.17) is 21.1 Å². The molecular formula is C21H29ClIN3O3. The summed E-state index contributed by atoms with van der Waals surface area (Å²) >= 11 is 6.28. The average molecular weight is 534 g/mol. The summed E-state index contributed by atoms with van der Waals surface area (Å²) in [7, 11) is 3.14. The molecule has 2 aromatic carbocycles. The van der Waals surface area contributed by atoms with Crippen molar-refractivity contribution in [2.75, 3.05) is 27.3 Å². The fourth-order valence-corrected chi connectivity index (χ4v) is 3.07. The smallest absolute Gasteiger partial charge is 0.191 e. The third-order valence-electron chi connectivity index (χ3n) is 4.28. The Balaban J connectivity index is 0.00000420. The van der Waals surface area contributed by atoms with Gasteiger partial charge in [-0.05, 0) is 43.2 Å². The van der Waals surface area contributed by atoms with E-state index in [0.29, 0.717) is 34.6 Å². The Hall–Kier alpha value is -1.71. The molecule has 0 heterocycles. The molecule has 0 aliphatic rings. The summed E-state index contributed by atoms with van der Waals surface area (Å²) in [5.41, 5.74) is 1.69. The number of hydrogen-bond acceptors (Lipinski definition) is 4. The molecule has 3 N–H and O–H groups in total. The van der Waals surface area contributed by atoms with Crippen molar-refractivity contribution in [2.24, 2.45) is 4.99 Å². The Morgan fingerprint density at radius 1 is 1.14 bits per heavy atom. The molecule has 2 atom stereocenters. The van der Waals surface area contributed by atoms with Crippen LogP contribution in [0.15, 0.2) is 47.5 Å². The number of benzene rings is 2. The highest BCUT2D eigenvalue weighted by Crippen LogP contribution is 2.30. The number of guanidine groups is 1. The van der Waals surface area contributed by atoms with Crippen LogP contribution in [0.5, 0.6) is 11.5 Å². The Morgan fingerprint density at radius 2 is 1.83 bits per heavy atom. The molecule has 2 aromatic rings. The standard InChI is InChI=1S/C21H28ClN3O3.HI/c1-5-23-21(25-14(2)16-8-6-7-9-17(16)22)24-13-18(26)15-10-11-19(27-3)20(12-15)28-4;/h6-12,14,18,26H,5,13H2,1-4H3,(H2,23,24,25);1H. The quantitative estimate of drug-likeness (QED) is 0.268. The summed E-state index contributed by atoms with van der Waals surface area (Å²) in [4.78, 5) is 4.51. The van der Waals surface area contributed by atoms with Crippen molar-refractivity contribution in [1.29, 1.82) is 0 Å². The van der Waals surface area contributed by atoms with E-state index in [1.165, 1.54) is 0 Å². The Labute approximate surface area is 194 Å². The van der Waals surface area contributed by atoms with Crippen LogP contribution in [0.25, 0.3) is 0 Å². The zero-order chi connectivity index (χ0) is 20.5. The maximum absolute atomic E-state index is 10.5. The van der Waals surface area contributed by atoms with Crippen LogP contribution in [0, 0.1) is 0 Å². The monoisotopic (exact) mass is 533 g/mol. The predicted molar refractivity (Wildman–Crippen MR) is 129 cm³/mol. The number of nitrogens with one attached hydrogen (secondary N) is 2. The van der Waals surface area contributed by atoms with Gasteiger partial charge < -0.3 is 25.2 Å². The van der Waals surface area contributed by atoms with Crippen molar-refractivity contribution in [3.63, 3.8) is 0 Å². The van der Waals surface area contributed by atoms with Crippen LogP contribution in [0.2, 0.25) is 5.02 Å². The molecule has 2 rings (SSSR count). The normalized spacial score (nSPS) is 13.1. The number of hydrogen-bond donors (Lipinski definition) is 3. The third kappa shape index (κ3) is 7.24. The van der Waals surface area contributed by atoms with E-state index in [9.17, 15) is 5.11 Å². The largest absolute Gasteiger partial charge is 0.493 e. The minimum Gasteiger partial charge on any atom is -0.493 e. The second-order valence-corrected chi connectivity index (χ2v) is 6.64. The van der Waals surface area contributed by atoms with Crippen LogP contribution in [0.1, 0.15) is 37.1 Å². The van der Waals surface area contributed by atoms with Gasteiger partial charge in [-0.2, -0.15) is 0 Å². The maximum Gasteiger partial charge on any atom is 0.191 e. The molecule has 0 saturated carbocycles. The van der Waals surface area contributed by atoms with Crippen LogP contribution in [-0.4, -0.2) is 38.4 Å². The molecule has 0 aliphatic heterocycles. The highest BCUT2D eigenvalue weighted by atomic mass is 127. The number of halogens is 2. The predicted octanol–water partition coefficient (Wildman–Crippen LogP) is 4.32. The number of methoxy groups -OCH3 is 2. The highest BCUT2D eigenvalue weighted by molar-refractivity contribution is 14.0. The second kappa shape index (κ2) is 12.8. The molecular weight excluding hydrogens is 505 g/mol. The van der Waals surface area contributed by atoms with Crippen molar-refractivity contribution < 1.29 is 14.6 Å². The van der Waals surface area contributed by atoms with E-state index in [0.717, 1.165) is 5.56 Å². The van der Waals surface area contributed by atoms with E-state index >= 15 is 0 Å². The van der Waals surface area contributed by atoms with Crippen molar-refractivity contribution in [3.05, 3.63) is 58.6 Å².